The number of rotatable bonds is 6. The minimum atomic E-state index is -1.16. The molecule has 2 rings (SSSR count). The number of Topliss-reactive ketones (excluding diaryl/α,β-unsaturated/α-hetero) is 2. The van der Waals surface area contributed by atoms with Crippen molar-refractivity contribution in [2.75, 3.05) is 14.2 Å². The lowest BCUT2D eigenvalue weighted by Gasteiger charge is -2.08. The van der Waals surface area contributed by atoms with Crippen molar-refractivity contribution in [1.29, 1.82) is 0 Å². The van der Waals surface area contributed by atoms with Crippen molar-refractivity contribution in [1.82, 2.24) is 0 Å². The zero-order valence-electron chi connectivity index (χ0n) is 13.5. The molecular formula is C18H16O6. The van der Waals surface area contributed by atoms with Crippen LogP contribution in [0, 0.1) is 6.92 Å². The second-order valence-corrected chi connectivity index (χ2v) is 5.15. The fraction of sp³-hybridized carbons (Fsp3) is 0.167. The largest absolute Gasteiger partial charge is 0.497 e. The van der Waals surface area contributed by atoms with Crippen LogP contribution in [0.3, 0.4) is 0 Å². The van der Waals surface area contributed by atoms with Gasteiger partial charge in [0.1, 0.15) is 11.5 Å². The number of hydrogen-bond acceptors (Lipinski definition) is 5. The Labute approximate surface area is 138 Å². The minimum absolute atomic E-state index is 0.0270. The lowest BCUT2D eigenvalue weighted by molar-refractivity contribution is 0.0696. The maximum atomic E-state index is 12.5. The van der Waals surface area contributed by atoms with E-state index in [-0.39, 0.29) is 16.7 Å². The number of ether oxygens (including phenoxy) is 2. The Bertz CT molecular complexity index is 800. The molecule has 0 atom stereocenters. The summed E-state index contributed by atoms with van der Waals surface area (Å²) in [7, 11) is 2.87. The number of carbonyl (C=O) groups excluding carboxylic acids is 2. The molecule has 0 spiro atoms. The summed E-state index contributed by atoms with van der Waals surface area (Å²) in [5, 5.41) is 9.08. The topological polar surface area (TPSA) is 89.9 Å². The van der Waals surface area contributed by atoms with Gasteiger partial charge >= 0.3 is 5.97 Å². The van der Waals surface area contributed by atoms with Gasteiger partial charge in [0.15, 0.2) is 0 Å². The van der Waals surface area contributed by atoms with Gasteiger partial charge in [-0.2, -0.15) is 0 Å². The van der Waals surface area contributed by atoms with Crippen LogP contribution in [0.4, 0.5) is 0 Å². The number of ketones is 2. The molecule has 124 valence electrons. The van der Waals surface area contributed by atoms with Gasteiger partial charge in [-0.1, -0.05) is 0 Å². The molecule has 0 fully saturated rings. The molecule has 0 aromatic heterocycles. The van der Waals surface area contributed by atoms with E-state index in [0.29, 0.717) is 17.1 Å². The Balaban J connectivity index is 2.43. The van der Waals surface area contributed by atoms with Crippen LogP contribution < -0.4 is 9.47 Å². The van der Waals surface area contributed by atoms with Gasteiger partial charge in [-0.25, -0.2) is 4.79 Å². The van der Waals surface area contributed by atoms with E-state index in [1.54, 1.807) is 13.0 Å². The van der Waals surface area contributed by atoms with Crippen molar-refractivity contribution in [3.05, 3.63) is 58.7 Å². The Hall–Kier alpha value is -3.15. The molecular weight excluding hydrogens is 312 g/mol. The first-order valence-electron chi connectivity index (χ1n) is 7.02. The molecule has 0 saturated carbocycles. The molecule has 0 bridgehead atoms. The van der Waals surface area contributed by atoms with E-state index in [2.05, 4.69) is 0 Å². The monoisotopic (exact) mass is 328 g/mol. The Kier molecular flexibility index (Phi) is 4.99. The molecule has 6 nitrogen and oxygen atoms in total. The summed E-state index contributed by atoms with van der Waals surface area (Å²) in [4.78, 5) is 36.0. The highest BCUT2D eigenvalue weighted by molar-refractivity contribution is 6.49. The normalized spacial score (nSPS) is 10.1. The van der Waals surface area contributed by atoms with Gasteiger partial charge in [0, 0.05) is 17.2 Å². The van der Waals surface area contributed by atoms with Crippen LogP contribution in [0.1, 0.15) is 36.6 Å². The molecule has 0 aliphatic carbocycles. The van der Waals surface area contributed by atoms with Gasteiger partial charge in [0.25, 0.3) is 0 Å². The van der Waals surface area contributed by atoms with Crippen LogP contribution in [0.5, 0.6) is 11.5 Å². The third-order valence-corrected chi connectivity index (χ3v) is 3.41. The van der Waals surface area contributed by atoms with Gasteiger partial charge in [-0.05, 0) is 42.8 Å². The van der Waals surface area contributed by atoms with Gasteiger partial charge in [-0.3, -0.25) is 9.59 Å². The quantitative estimate of drug-likeness (QED) is 0.648. The van der Waals surface area contributed by atoms with Crippen molar-refractivity contribution >= 4 is 17.5 Å². The molecule has 24 heavy (non-hydrogen) atoms. The molecule has 0 radical (unpaired) electrons. The molecule has 0 aliphatic rings. The van der Waals surface area contributed by atoms with E-state index in [4.69, 9.17) is 14.6 Å². The number of carboxylic acids is 1. The van der Waals surface area contributed by atoms with Crippen LogP contribution in [0.15, 0.2) is 36.4 Å². The maximum absolute atomic E-state index is 12.5. The summed E-state index contributed by atoms with van der Waals surface area (Å²) in [5.41, 5.74) is 0.664. The van der Waals surface area contributed by atoms with Crippen molar-refractivity contribution in [2.24, 2.45) is 0 Å². The lowest BCUT2D eigenvalue weighted by Crippen LogP contribution is -2.16. The smallest absolute Gasteiger partial charge is 0.335 e. The molecule has 2 aromatic carbocycles. The number of aromatic carboxylic acids is 1. The second-order valence-electron chi connectivity index (χ2n) is 5.15. The average molecular weight is 328 g/mol. The predicted octanol–water partition coefficient (Wildman–Crippen LogP) is 2.78. The summed E-state index contributed by atoms with van der Waals surface area (Å²) >= 11 is 0. The number of aryl methyl sites for hydroxylation is 1. The minimum Gasteiger partial charge on any atom is -0.497 e. The summed E-state index contributed by atoms with van der Waals surface area (Å²) in [5.74, 6) is -1.98. The average Bonchev–Trinajstić information content (AvgIpc) is 2.59. The van der Waals surface area contributed by atoms with Crippen LogP contribution >= 0.6 is 0 Å². The fourth-order valence-corrected chi connectivity index (χ4v) is 2.24. The highest BCUT2D eigenvalue weighted by Gasteiger charge is 2.21. The molecule has 0 amide bonds. The first kappa shape index (κ1) is 17.2. The van der Waals surface area contributed by atoms with E-state index in [1.165, 1.54) is 44.6 Å². The zero-order chi connectivity index (χ0) is 17.9. The molecule has 0 unspecified atom stereocenters. The second kappa shape index (κ2) is 6.95. The van der Waals surface area contributed by atoms with E-state index in [9.17, 15) is 14.4 Å². The van der Waals surface area contributed by atoms with Gasteiger partial charge in [0.2, 0.25) is 11.6 Å². The van der Waals surface area contributed by atoms with Crippen molar-refractivity contribution < 1.29 is 29.0 Å². The summed E-state index contributed by atoms with van der Waals surface area (Å²) < 4.78 is 10.2. The fourth-order valence-electron chi connectivity index (χ4n) is 2.24. The van der Waals surface area contributed by atoms with Crippen molar-refractivity contribution in [3.8, 4) is 11.5 Å². The van der Waals surface area contributed by atoms with Gasteiger partial charge < -0.3 is 14.6 Å². The number of methoxy groups -OCH3 is 2. The Morgan fingerprint density at radius 2 is 1.21 bits per heavy atom. The first-order valence-corrected chi connectivity index (χ1v) is 7.02. The van der Waals surface area contributed by atoms with E-state index in [0.717, 1.165) is 0 Å². The standard InChI is InChI=1S/C18H16O6/c1-10-4-11(6-13(5-10)18(21)22)16(19)17(20)12-7-14(23-2)9-15(8-12)24-3/h4-9H,1-3H3,(H,21,22). The third-order valence-electron chi connectivity index (χ3n) is 3.41. The van der Waals surface area contributed by atoms with Crippen molar-refractivity contribution in [2.45, 2.75) is 6.92 Å². The molecule has 0 heterocycles. The maximum Gasteiger partial charge on any atom is 0.335 e. The Morgan fingerprint density at radius 1 is 0.750 bits per heavy atom. The van der Waals surface area contributed by atoms with E-state index >= 15 is 0 Å². The van der Waals surface area contributed by atoms with Crippen LogP contribution in [-0.2, 0) is 0 Å². The molecule has 0 saturated heterocycles. The van der Waals surface area contributed by atoms with E-state index in [1.807, 2.05) is 0 Å². The van der Waals surface area contributed by atoms with Gasteiger partial charge in [-0.15, -0.1) is 0 Å². The van der Waals surface area contributed by atoms with Crippen LogP contribution in [-0.4, -0.2) is 36.9 Å². The SMILES string of the molecule is COc1cc(OC)cc(C(=O)C(=O)c2cc(C)cc(C(=O)O)c2)c1. The summed E-state index contributed by atoms with van der Waals surface area (Å²) in [6.07, 6.45) is 0. The summed E-state index contributed by atoms with van der Waals surface area (Å²) in [6, 6.07) is 8.53. The molecule has 1 N–H and O–H groups in total. The number of carbonyl (C=O) groups is 3. The van der Waals surface area contributed by atoms with Crippen LogP contribution in [0.2, 0.25) is 0 Å². The highest BCUT2D eigenvalue weighted by Crippen LogP contribution is 2.24. The third kappa shape index (κ3) is 3.60. The summed E-state index contributed by atoms with van der Waals surface area (Å²) in [6.45, 7) is 1.66. The van der Waals surface area contributed by atoms with Gasteiger partial charge in [0.05, 0.1) is 19.8 Å². The zero-order valence-corrected chi connectivity index (χ0v) is 13.5. The molecule has 2 aromatic rings. The first-order chi connectivity index (χ1) is 11.3. The van der Waals surface area contributed by atoms with E-state index < -0.39 is 17.5 Å². The predicted molar refractivity (Wildman–Crippen MR) is 86.3 cm³/mol. The molecule has 0 aliphatic heterocycles. The van der Waals surface area contributed by atoms with Crippen LogP contribution in [0.25, 0.3) is 0 Å². The number of carboxylic acid groups (broad SMARTS) is 1. The number of benzene rings is 2. The Morgan fingerprint density at radius 3 is 1.67 bits per heavy atom. The van der Waals surface area contributed by atoms with Crippen molar-refractivity contribution in [3.63, 3.8) is 0 Å². The highest BCUT2D eigenvalue weighted by atomic mass is 16.5. The molecule has 6 heteroatoms. The lowest BCUT2D eigenvalue weighted by atomic mass is 9.98. The number of hydrogen-bond donors (Lipinski definition) is 1.